The van der Waals surface area contributed by atoms with E-state index >= 15 is 0 Å². The summed E-state index contributed by atoms with van der Waals surface area (Å²) in [6.45, 7) is 1.43. The van der Waals surface area contributed by atoms with Crippen LogP contribution in [0.15, 0.2) is 97.1 Å². The Kier molecular flexibility index (Phi) is 8.10. The molecule has 1 atom stereocenters. The number of hydrogen-bond acceptors (Lipinski definition) is 5. The number of carbonyl (C=O) groups excluding carboxylic acids is 4. The number of para-hydroxylation sites is 1. The third-order valence-electron chi connectivity index (χ3n) is 7.20. The highest BCUT2D eigenvalue weighted by atomic mass is 19.1. The van der Waals surface area contributed by atoms with Crippen molar-refractivity contribution in [2.45, 2.75) is 19.5 Å². The Labute approximate surface area is 242 Å². The molecule has 5 rings (SSSR count). The lowest BCUT2D eigenvalue weighted by molar-refractivity contribution is -0.139. The van der Waals surface area contributed by atoms with Crippen molar-refractivity contribution in [3.8, 4) is 5.75 Å². The third-order valence-corrected chi connectivity index (χ3v) is 7.20. The van der Waals surface area contributed by atoms with Crippen LogP contribution in [0.1, 0.15) is 33.1 Å². The van der Waals surface area contributed by atoms with Gasteiger partial charge in [-0.05, 0) is 72.1 Å². The standard InChI is InChI=1S/C33H28FN3O5/c1-21-7-3-4-8-23(21)19-37(29(38)20-36-28-10-6-5-9-27(28)31(39)33(36)41)30(22-11-13-24(34)14-12-22)32(40)35-25-15-17-26(42-2)18-16-25/h3-18,30H,19-20H2,1-2H3,(H,35,40)/t30-/m1/s1. The van der Waals surface area contributed by atoms with Crippen molar-refractivity contribution < 1.29 is 28.3 Å². The number of amides is 3. The Bertz CT molecular complexity index is 1650. The van der Waals surface area contributed by atoms with Crippen molar-refractivity contribution in [2.75, 3.05) is 23.9 Å². The number of carbonyl (C=O) groups is 4. The van der Waals surface area contributed by atoms with Crippen molar-refractivity contribution in [1.82, 2.24) is 4.90 Å². The Morgan fingerprint density at radius 1 is 0.905 bits per heavy atom. The number of methoxy groups -OCH3 is 1. The van der Waals surface area contributed by atoms with Gasteiger partial charge in [0.15, 0.2) is 0 Å². The van der Waals surface area contributed by atoms with Crippen molar-refractivity contribution in [1.29, 1.82) is 0 Å². The number of fused-ring (bicyclic) bond motifs is 1. The van der Waals surface area contributed by atoms with Crippen LogP contribution in [0.5, 0.6) is 5.75 Å². The predicted molar refractivity (Wildman–Crippen MR) is 156 cm³/mol. The molecule has 0 saturated heterocycles. The molecule has 1 aliphatic heterocycles. The zero-order chi connectivity index (χ0) is 29.8. The fourth-order valence-corrected chi connectivity index (χ4v) is 4.93. The first-order valence-corrected chi connectivity index (χ1v) is 13.3. The molecule has 1 heterocycles. The van der Waals surface area contributed by atoms with E-state index in [1.54, 1.807) is 42.5 Å². The maximum atomic E-state index is 14.1. The van der Waals surface area contributed by atoms with Crippen LogP contribution >= 0.6 is 0 Å². The first kappa shape index (κ1) is 28.2. The minimum absolute atomic E-state index is 0.0151. The number of nitrogens with one attached hydrogen (secondary N) is 1. The summed E-state index contributed by atoms with van der Waals surface area (Å²) in [7, 11) is 1.53. The van der Waals surface area contributed by atoms with E-state index in [2.05, 4.69) is 5.32 Å². The van der Waals surface area contributed by atoms with Gasteiger partial charge in [0.25, 0.3) is 17.6 Å². The summed E-state index contributed by atoms with van der Waals surface area (Å²) in [5, 5.41) is 2.85. The molecule has 0 aliphatic carbocycles. The average Bonchev–Trinajstić information content (AvgIpc) is 3.24. The fraction of sp³-hybridized carbons (Fsp3) is 0.152. The van der Waals surface area contributed by atoms with E-state index in [4.69, 9.17) is 4.74 Å². The van der Waals surface area contributed by atoms with Crippen molar-refractivity contribution >= 4 is 34.9 Å². The van der Waals surface area contributed by atoms with Crippen molar-refractivity contribution in [3.63, 3.8) is 0 Å². The average molecular weight is 566 g/mol. The van der Waals surface area contributed by atoms with E-state index in [1.807, 2.05) is 31.2 Å². The molecule has 0 radical (unpaired) electrons. The number of nitrogens with zero attached hydrogens (tertiary/aromatic N) is 2. The molecule has 0 spiro atoms. The highest BCUT2D eigenvalue weighted by Gasteiger charge is 2.39. The van der Waals surface area contributed by atoms with Gasteiger partial charge in [-0.3, -0.25) is 24.1 Å². The van der Waals surface area contributed by atoms with E-state index in [0.29, 0.717) is 22.7 Å². The minimum atomic E-state index is -1.21. The highest BCUT2D eigenvalue weighted by molar-refractivity contribution is 6.52. The van der Waals surface area contributed by atoms with Gasteiger partial charge in [-0.1, -0.05) is 48.5 Å². The lowest BCUT2D eigenvalue weighted by atomic mass is 10.0. The van der Waals surface area contributed by atoms with Gasteiger partial charge in [0, 0.05) is 12.2 Å². The van der Waals surface area contributed by atoms with E-state index in [-0.39, 0.29) is 12.1 Å². The van der Waals surface area contributed by atoms with Crippen molar-refractivity contribution in [2.24, 2.45) is 0 Å². The molecule has 0 aromatic heterocycles. The SMILES string of the molecule is COc1ccc(NC(=O)[C@@H](c2ccc(F)cc2)N(Cc2ccccc2C)C(=O)CN2C(=O)C(=O)c3ccccc32)cc1. The molecular weight excluding hydrogens is 537 g/mol. The number of rotatable bonds is 9. The maximum Gasteiger partial charge on any atom is 0.299 e. The molecule has 4 aromatic carbocycles. The molecule has 42 heavy (non-hydrogen) atoms. The largest absolute Gasteiger partial charge is 0.497 e. The normalized spacial score (nSPS) is 13.0. The Morgan fingerprint density at radius 3 is 2.26 bits per heavy atom. The van der Waals surface area contributed by atoms with Crippen LogP contribution in [-0.2, 0) is 20.9 Å². The fourth-order valence-electron chi connectivity index (χ4n) is 4.93. The number of halogens is 1. The van der Waals surface area contributed by atoms with Gasteiger partial charge in [0.05, 0.1) is 18.4 Å². The number of ether oxygens (including phenoxy) is 1. The van der Waals surface area contributed by atoms with Crippen LogP contribution in [0.25, 0.3) is 0 Å². The van der Waals surface area contributed by atoms with Crippen LogP contribution in [0.3, 0.4) is 0 Å². The van der Waals surface area contributed by atoms with E-state index < -0.39 is 41.9 Å². The topological polar surface area (TPSA) is 96.0 Å². The second-order valence-corrected chi connectivity index (χ2v) is 9.86. The summed E-state index contributed by atoms with van der Waals surface area (Å²) in [6.07, 6.45) is 0. The Morgan fingerprint density at radius 2 is 1.57 bits per heavy atom. The van der Waals surface area contributed by atoms with Gasteiger partial charge in [-0.15, -0.1) is 0 Å². The van der Waals surface area contributed by atoms with Crippen LogP contribution in [0, 0.1) is 12.7 Å². The first-order chi connectivity index (χ1) is 20.3. The van der Waals surface area contributed by atoms with Crippen LogP contribution < -0.4 is 15.0 Å². The molecular formula is C33H28FN3O5. The van der Waals surface area contributed by atoms with Gasteiger partial charge in [0.1, 0.15) is 24.2 Å². The summed E-state index contributed by atoms with van der Waals surface area (Å²) in [5.41, 5.74) is 3.05. The molecule has 0 bridgehead atoms. The van der Waals surface area contributed by atoms with Crippen LogP contribution in [0.4, 0.5) is 15.8 Å². The molecule has 0 unspecified atom stereocenters. The highest BCUT2D eigenvalue weighted by Crippen LogP contribution is 2.31. The number of benzene rings is 4. The lowest BCUT2D eigenvalue weighted by Gasteiger charge is -2.33. The van der Waals surface area contributed by atoms with Crippen LogP contribution in [-0.4, -0.2) is 42.1 Å². The zero-order valence-electron chi connectivity index (χ0n) is 23.0. The molecule has 8 nitrogen and oxygen atoms in total. The number of Topliss-reactive ketones (excluding diaryl/α,β-unsaturated/α-hetero) is 1. The second-order valence-electron chi connectivity index (χ2n) is 9.86. The molecule has 0 fully saturated rings. The Balaban J connectivity index is 1.55. The van der Waals surface area contributed by atoms with Gasteiger partial charge < -0.3 is 15.0 Å². The Hall–Kier alpha value is -5.31. The number of hydrogen-bond donors (Lipinski definition) is 1. The number of aryl methyl sites for hydroxylation is 1. The zero-order valence-corrected chi connectivity index (χ0v) is 23.0. The first-order valence-electron chi connectivity index (χ1n) is 13.3. The van der Waals surface area contributed by atoms with E-state index in [1.165, 1.54) is 42.3 Å². The monoisotopic (exact) mass is 565 g/mol. The second kappa shape index (κ2) is 12.1. The molecule has 3 amide bonds. The molecule has 212 valence electrons. The maximum absolute atomic E-state index is 14.1. The number of anilines is 2. The summed E-state index contributed by atoms with van der Waals surface area (Å²) >= 11 is 0. The quantitative estimate of drug-likeness (QED) is 0.286. The summed E-state index contributed by atoms with van der Waals surface area (Å²) < 4.78 is 19.1. The molecule has 1 aliphatic rings. The van der Waals surface area contributed by atoms with Gasteiger partial charge in [0.2, 0.25) is 5.91 Å². The van der Waals surface area contributed by atoms with Gasteiger partial charge >= 0.3 is 0 Å². The van der Waals surface area contributed by atoms with Crippen LogP contribution in [0.2, 0.25) is 0 Å². The molecule has 0 saturated carbocycles. The number of ketones is 1. The van der Waals surface area contributed by atoms with Gasteiger partial charge in [-0.25, -0.2) is 4.39 Å². The summed E-state index contributed by atoms with van der Waals surface area (Å²) in [4.78, 5) is 56.1. The van der Waals surface area contributed by atoms with E-state index in [0.717, 1.165) is 16.0 Å². The molecule has 1 N–H and O–H groups in total. The van der Waals surface area contributed by atoms with Gasteiger partial charge in [-0.2, -0.15) is 0 Å². The minimum Gasteiger partial charge on any atom is -0.497 e. The molecule has 9 heteroatoms. The smallest absolute Gasteiger partial charge is 0.299 e. The van der Waals surface area contributed by atoms with E-state index in [9.17, 15) is 23.6 Å². The summed E-state index contributed by atoms with van der Waals surface area (Å²) in [6, 6.07) is 24.7. The lowest BCUT2D eigenvalue weighted by Crippen LogP contribution is -2.46. The predicted octanol–water partition coefficient (Wildman–Crippen LogP) is 5.08. The molecule has 4 aromatic rings. The summed E-state index contributed by atoms with van der Waals surface area (Å²) in [5.74, 6) is -2.53. The third kappa shape index (κ3) is 5.76. The van der Waals surface area contributed by atoms with Crippen molar-refractivity contribution in [3.05, 3.63) is 125 Å².